The summed E-state index contributed by atoms with van der Waals surface area (Å²) in [5.41, 5.74) is 0. The van der Waals surface area contributed by atoms with E-state index in [1.54, 1.807) is 0 Å². The molecule has 0 spiro atoms. The Kier molecular flexibility index (Phi) is 4.21. The maximum Gasteiger partial charge on any atom is 0.240 e. The molecular weight excluding hydrogens is 252 g/mol. The molecule has 6 heteroatoms. The van der Waals surface area contributed by atoms with Gasteiger partial charge in [0.15, 0.2) is 0 Å². The van der Waals surface area contributed by atoms with E-state index < -0.39 is 10.0 Å². The van der Waals surface area contributed by atoms with Crippen molar-refractivity contribution in [1.82, 2.24) is 9.62 Å². The van der Waals surface area contributed by atoms with Crippen molar-refractivity contribution in [2.75, 3.05) is 26.2 Å². The van der Waals surface area contributed by atoms with Gasteiger partial charge < -0.3 is 10.0 Å². The van der Waals surface area contributed by atoms with Crippen LogP contribution in [0.5, 0.6) is 5.75 Å². The second-order valence-electron chi connectivity index (χ2n) is 4.44. The predicted molar refractivity (Wildman–Crippen MR) is 69.0 cm³/mol. The van der Waals surface area contributed by atoms with Crippen molar-refractivity contribution in [1.29, 1.82) is 0 Å². The number of likely N-dealkylation sites (tertiary alicyclic amines) is 1. The van der Waals surface area contributed by atoms with Gasteiger partial charge in [-0.25, -0.2) is 13.1 Å². The average Bonchev–Trinajstić information content (AvgIpc) is 2.82. The lowest BCUT2D eigenvalue weighted by molar-refractivity contribution is 0.344. The molecule has 0 aromatic heterocycles. The fourth-order valence-electron chi connectivity index (χ4n) is 2.05. The van der Waals surface area contributed by atoms with Gasteiger partial charge >= 0.3 is 0 Å². The molecule has 0 bridgehead atoms. The zero-order chi connectivity index (χ0) is 13.0. The van der Waals surface area contributed by atoms with E-state index in [-0.39, 0.29) is 10.6 Å². The van der Waals surface area contributed by atoms with Crippen LogP contribution in [0.3, 0.4) is 0 Å². The number of aromatic hydroxyl groups is 1. The third-order valence-electron chi connectivity index (χ3n) is 3.07. The smallest absolute Gasteiger partial charge is 0.240 e. The lowest BCUT2D eigenvalue weighted by atomic mass is 10.3. The number of phenolic OH excluding ortho intramolecular Hbond substituents is 1. The summed E-state index contributed by atoms with van der Waals surface area (Å²) in [6.45, 7) is 3.28. The lowest BCUT2D eigenvalue weighted by Crippen LogP contribution is -2.33. The number of rotatable bonds is 5. The Balaban J connectivity index is 1.88. The molecule has 0 unspecified atom stereocenters. The maximum absolute atomic E-state index is 11.9. The van der Waals surface area contributed by atoms with Gasteiger partial charge in [0, 0.05) is 13.1 Å². The number of benzene rings is 1. The number of sulfonamides is 1. The van der Waals surface area contributed by atoms with E-state index in [1.807, 2.05) is 0 Å². The quantitative estimate of drug-likeness (QED) is 0.829. The van der Waals surface area contributed by atoms with Crippen molar-refractivity contribution >= 4 is 10.0 Å². The van der Waals surface area contributed by atoms with E-state index >= 15 is 0 Å². The van der Waals surface area contributed by atoms with Crippen molar-refractivity contribution in [3.05, 3.63) is 24.3 Å². The molecule has 0 amide bonds. The molecule has 0 saturated carbocycles. The van der Waals surface area contributed by atoms with E-state index in [9.17, 15) is 8.42 Å². The predicted octanol–water partition coefficient (Wildman–Crippen LogP) is 0.766. The van der Waals surface area contributed by atoms with E-state index in [2.05, 4.69) is 9.62 Å². The summed E-state index contributed by atoms with van der Waals surface area (Å²) < 4.78 is 26.4. The Morgan fingerprint density at radius 1 is 1.17 bits per heavy atom. The van der Waals surface area contributed by atoms with Gasteiger partial charge in [-0.15, -0.1) is 0 Å². The van der Waals surface area contributed by atoms with Crippen molar-refractivity contribution < 1.29 is 13.5 Å². The Hall–Kier alpha value is -1.11. The maximum atomic E-state index is 11.9. The van der Waals surface area contributed by atoms with Crippen molar-refractivity contribution in [3.8, 4) is 5.75 Å². The first-order valence-corrected chi connectivity index (χ1v) is 7.57. The van der Waals surface area contributed by atoms with Crippen LogP contribution < -0.4 is 4.72 Å². The Labute approximate surface area is 107 Å². The topological polar surface area (TPSA) is 69.6 Å². The highest BCUT2D eigenvalue weighted by atomic mass is 32.2. The molecule has 1 aliphatic heterocycles. The summed E-state index contributed by atoms with van der Waals surface area (Å²) in [4.78, 5) is 2.43. The Morgan fingerprint density at radius 3 is 2.39 bits per heavy atom. The minimum absolute atomic E-state index is 0.0611. The molecule has 1 aromatic rings. The molecule has 1 fully saturated rings. The fourth-order valence-corrected chi connectivity index (χ4v) is 3.07. The third kappa shape index (κ3) is 3.44. The van der Waals surface area contributed by atoms with Gasteiger partial charge in [-0.05, 0) is 50.2 Å². The number of hydrogen-bond donors (Lipinski definition) is 2. The highest BCUT2D eigenvalue weighted by Crippen LogP contribution is 2.14. The molecule has 1 aromatic carbocycles. The minimum atomic E-state index is -3.46. The molecule has 1 saturated heterocycles. The normalized spacial score (nSPS) is 17.1. The van der Waals surface area contributed by atoms with Crippen LogP contribution in [0.2, 0.25) is 0 Å². The van der Waals surface area contributed by atoms with Gasteiger partial charge in [0.2, 0.25) is 10.0 Å². The standard InChI is InChI=1S/C12H18N2O3S/c15-11-3-5-12(6-4-11)18(16,17)13-7-10-14-8-1-2-9-14/h3-6,13,15H,1-2,7-10H2. The van der Waals surface area contributed by atoms with Crippen molar-refractivity contribution in [2.45, 2.75) is 17.7 Å². The van der Waals surface area contributed by atoms with Crippen LogP contribution in [-0.2, 0) is 10.0 Å². The van der Waals surface area contributed by atoms with Crippen molar-refractivity contribution in [2.24, 2.45) is 0 Å². The second kappa shape index (κ2) is 5.69. The summed E-state index contributed by atoms with van der Waals surface area (Å²) >= 11 is 0. The molecule has 18 heavy (non-hydrogen) atoms. The first kappa shape index (κ1) is 13.3. The summed E-state index contributed by atoms with van der Waals surface area (Å²) in [7, 11) is -3.46. The average molecular weight is 270 g/mol. The van der Waals surface area contributed by atoms with E-state index in [0.717, 1.165) is 19.6 Å². The molecule has 0 aliphatic carbocycles. The van der Waals surface area contributed by atoms with Crippen LogP contribution in [0.4, 0.5) is 0 Å². The van der Waals surface area contributed by atoms with Gasteiger partial charge in [0.1, 0.15) is 5.75 Å². The van der Waals surface area contributed by atoms with Crippen LogP contribution >= 0.6 is 0 Å². The zero-order valence-electron chi connectivity index (χ0n) is 10.2. The van der Waals surface area contributed by atoms with Crippen LogP contribution in [0.25, 0.3) is 0 Å². The minimum Gasteiger partial charge on any atom is -0.508 e. The third-order valence-corrected chi connectivity index (χ3v) is 4.54. The first-order chi connectivity index (χ1) is 8.58. The number of phenols is 1. The molecule has 1 aliphatic rings. The van der Waals surface area contributed by atoms with Gasteiger partial charge in [0.05, 0.1) is 4.90 Å². The first-order valence-electron chi connectivity index (χ1n) is 6.09. The van der Waals surface area contributed by atoms with Gasteiger partial charge in [-0.3, -0.25) is 0 Å². The second-order valence-corrected chi connectivity index (χ2v) is 6.21. The number of nitrogens with one attached hydrogen (secondary N) is 1. The van der Waals surface area contributed by atoms with Crippen LogP contribution in [0.1, 0.15) is 12.8 Å². The van der Waals surface area contributed by atoms with Crippen LogP contribution in [0, 0.1) is 0 Å². The molecule has 5 nitrogen and oxygen atoms in total. The van der Waals surface area contributed by atoms with Crippen molar-refractivity contribution in [3.63, 3.8) is 0 Å². The molecular formula is C12H18N2O3S. The largest absolute Gasteiger partial charge is 0.508 e. The highest BCUT2D eigenvalue weighted by molar-refractivity contribution is 7.89. The fraction of sp³-hybridized carbons (Fsp3) is 0.500. The molecule has 0 radical (unpaired) electrons. The monoisotopic (exact) mass is 270 g/mol. The highest BCUT2D eigenvalue weighted by Gasteiger charge is 2.15. The number of hydrogen-bond acceptors (Lipinski definition) is 4. The summed E-state index contributed by atoms with van der Waals surface area (Å²) in [6, 6.07) is 5.53. The lowest BCUT2D eigenvalue weighted by Gasteiger charge is -2.14. The van der Waals surface area contributed by atoms with Gasteiger partial charge in [0.25, 0.3) is 0 Å². The summed E-state index contributed by atoms with van der Waals surface area (Å²) in [6.07, 6.45) is 2.40. The van der Waals surface area contributed by atoms with E-state index in [0.29, 0.717) is 6.54 Å². The molecule has 2 rings (SSSR count). The van der Waals surface area contributed by atoms with Crippen LogP contribution in [-0.4, -0.2) is 44.6 Å². The summed E-state index contributed by atoms with van der Waals surface area (Å²) in [5.74, 6) is 0.0611. The molecule has 2 N–H and O–H groups in total. The number of nitrogens with zero attached hydrogens (tertiary/aromatic N) is 1. The van der Waals surface area contributed by atoms with Crippen LogP contribution in [0.15, 0.2) is 29.2 Å². The van der Waals surface area contributed by atoms with Gasteiger partial charge in [-0.2, -0.15) is 0 Å². The molecule has 100 valence electrons. The van der Waals surface area contributed by atoms with Gasteiger partial charge in [-0.1, -0.05) is 0 Å². The Bertz CT molecular complexity index is 479. The zero-order valence-corrected chi connectivity index (χ0v) is 11.0. The Morgan fingerprint density at radius 2 is 1.78 bits per heavy atom. The summed E-state index contributed by atoms with van der Waals surface area (Å²) in [5, 5.41) is 9.12. The molecule has 1 heterocycles. The van der Waals surface area contributed by atoms with E-state index in [1.165, 1.54) is 37.1 Å². The SMILES string of the molecule is O=S(=O)(NCCN1CCCC1)c1ccc(O)cc1. The molecule has 0 atom stereocenters. The van der Waals surface area contributed by atoms with E-state index in [4.69, 9.17) is 5.11 Å².